The van der Waals surface area contributed by atoms with E-state index in [9.17, 15) is 23.2 Å². The zero-order valence-electron chi connectivity index (χ0n) is 37.5. The van der Waals surface area contributed by atoms with Crippen LogP contribution in [0.3, 0.4) is 0 Å². The maximum atomic E-state index is 14.9. The Morgan fingerprint density at radius 1 is 0.723 bits per heavy atom. The van der Waals surface area contributed by atoms with Crippen LogP contribution in [0.2, 0.25) is 0 Å². The van der Waals surface area contributed by atoms with Crippen molar-refractivity contribution < 1.29 is 37.4 Å². The van der Waals surface area contributed by atoms with Gasteiger partial charge in [0.25, 0.3) is 11.8 Å². The molecule has 4 N–H and O–H groups in total. The smallest absolute Gasteiger partial charge is 0.410 e. The van der Waals surface area contributed by atoms with E-state index in [0.717, 1.165) is 29.8 Å². The Kier molecular flexibility index (Phi) is 10.8. The number of hydrazone groups is 2. The number of halogens is 2. The predicted octanol–water partition coefficient (Wildman–Crippen LogP) is 7.82. The number of nitrogens with one attached hydrogen (secondary N) is 4. The SMILES string of the molecule is CC1C(=O)NN=C2COc3cc(-c4ccccc4F)c(NC4(C)CCC4)cc3N21.CC1C(=O)NN=C2COc3cc(-c4ccccc4F)c(NC4(C)CN(C(=O)OC(C)(C)C)C4)cc3N21. The number of nitrogens with zero attached hydrogens (tertiary/aromatic N) is 5. The summed E-state index contributed by atoms with van der Waals surface area (Å²) in [5.74, 6) is 1.37. The molecule has 340 valence electrons. The van der Waals surface area contributed by atoms with E-state index < -0.39 is 23.2 Å². The van der Waals surface area contributed by atoms with Crippen molar-refractivity contribution in [2.24, 2.45) is 10.2 Å². The summed E-state index contributed by atoms with van der Waals surface area (Å²) in [4.78, 5) is 42.4. The van der Waals surface area contributed by atoms with Crippen molar-refractivity contribution >= 4 is 52.3 Å². The molecule has 1 aliphatic carbocycles. The second kappa shape index (κ2) is 16.3. The molecule has 2 fully saturated rings. The normalized spacial score (nSPS) is 20.9. The van der Waals surface area contributed by atoms with Gasteiger partial charge >= 0.3 is 6.09 Å². The van der Waals surface area contributed by atoms with Crippen LogP contribution in [-0.4, -0.2) is 89.5 Å². The molecule has 10 rings (SSSR count). The molecule has 0 aromatic heterocycles. The van der Waals surface area contributed by atoms with Crippen LogP contribution in [0.25, 0.3) is 22.3 Å². The van der Waals surface area contributed by atoms with Gasteiger partial charge in [-0.3, -0.25) is 9.59 Å². The Bertz CT molecular complexity index is 2660. The van der Waals surface area contributed by atoms with Crippen molar-refractivity contribution in [1.82, 2.24) is 15.8 Å². The van der Waals surface area contributed by atoms with Gasteiger partial charge < -0.3 is 39.5 Å². The minimum absolute atomic E-state index is 0.0222. The van der Waals surface area contributed by atoms with Gasteiger partial charge in [-0.2, -0.15) is 10.2 Å². The highest BCUT2D eigenvalue weighted by Crippen LogP contribution is 2.47. The third-order valence-corrected chi connectivity index (χ3v) is 12.5. The second-order valence-electron chi connectivity index (χ2n) is 18.9. The average Bonchev–Trinajstić information content (AvgIpc) is 3.24. The molecule has 0 radical (unpaired) electrons. The number of rotatable bonds is 6. The van der Waals surface area contributed by atoms with Crippen LogP contribution in [0.15, 0.2) is 83.0 Å². The number of amides is 3. The summed E-state index contributed by atoms with van der Waals surface area (Å²) in [6.07, 6.45) is 2.93. The van der Waals surface area contributed by atoms with E-state index in [1.807, 2.05) is 68.7 Å². The number of benzene rings is 4. The molecule has 4 aromatic rings. The van der Waals surface area contributed by atoms with Crippen molar-refractivity contribution in [3.8, 4) is 33.8 Å². The number of anilines is 4. The fourth-order valence-electron chi connectivity index (χ4n) is 8.97. The fourth-order valence-corrected chi connectivity index (χ4v) is 8.97. The molecule has 1 saturated heterocycles. The molecule has 0 spiro atoms. The van der Waals surface area contributed by atoms with E-state index in [-0.39, 0.29) is 48.3 Å². The topological polar surface area (TPSA) is 161 Å². The number of carbonyl (C=O) groups is 3. The molecule has 4 aromatic carbocycles. The summed E-state index contributed by atoms with van der Waals surface area (Å²) in [6.45, 7) is 14.6. The van der Waals surface area contributed by atoms with Gasteiger partial charge in [0.05, 0.1) is 16.9 Å². The molecule has 5 aliphatic heterocycles. The van der Waals surface area contributed by atoms with Gasteiger partial charge in [0.1, 0.15) is 54.0 Å². The molecular weight excluding hydrogens is 837 g/mol. The van der Waals surface area contributed by atoms with Crippen molar-refractivity contribution in [3.63, 3.8) is 0 Å². The molecule has 0 bridgehead atoms. The highest BCUT2D eigenvalue weighted by Gasteiger charge is 2.44. The number of hydrogen-bond acceptors (Lipinski definition) is 12. The largest absolute Gasteiger partial charge is 0.483 e. The zero-order valence-corrected chi connectivity index (χ0v) is 37.5. The van der Waals surface area contributed by atoms with Crippen molar-refractivity contribution in [2.45, 2.75) is 96.5 Å². The average molecular weight is 890 g/mol. The zero-order chi connectivity index (χ0) is 46.0. The van der Waals surface area contributed by atoms with Crippen LogP contribution in [0, 0.1) is 11.6 Å². The van der Waals surface area contributed by atoms with Crippen molar-refractivity contribution in [1.29, 1.82) is 0 Å². The number of fused-ring (bicyclic) bond motifs is 6. The summed E-state index contributed by atoms with van der Waals surface area (Å²) in [5, 5.41) is 15.5. The lowest BCUT2D eigenvalue weighted by molar-refractivity contribution is -0.123. The quantitative estimate of drug-likeness (QED) is 0.150. The van der Waals surface area contributed by atoms with E-state index in [2.05, 4.69) is 38.6 Å². The van der Waals surface area contributed by atoms with Gasteiger partial charge in [-0.25, -0.2) is 24.4 Å². The lowest BCUT2D eigenvalue weighted by atomic mass is 9.78. The number of likely N-dealkylation sites (tertiary alicyclic amines) is 1. The summed E-state index contributed by atoms with van der Waals surface area (Å²) >= 11 is 0. The first-order valence-corrected chi connectivity index (χ1v) is 21.9. The molecule has 6 aliphatic rings. The lowest BCUT2D eigenvalue weighted by Crippen LogP contribution is -2.66. The molecular formula is C48H53F2N9O6. The Morgan fingerprint density at radius 2 is 1.17 bits per heavy atom. The van der Waals surface area contributed by atoms with Gasteiger partial charge in [-0.1, -0.05) is 36.4 Å². The Morgan fingerprint density at radius 3 is 1.58 bits per heavy atom. The lowest BCUT2D eigenvalue weighted by Gasteiger charge is -2.49. The Hall–Kier alpha value is -6.91. The molecule has 65 heavy (non-hydrogen) atoms. The minimum Gasteiger partial charge on any atom is -0.483 e. The summed E-state index contributed by atoms with van der Waals surface area (Å²) in [6, 6.07) is 19.9. The Balaban J connectivity index is 0.000000168. The second-order valence-corrected chi connectivity index (χ2v) is 18.9. The van der Waals surface area contributed by atoms with Crippen LogP contribution in [0.1, 0.15) is 67.7 Å². The number of ether oxygens (including phenoxy) is 3. The monoisotopic (exact) mass is 889 g/mol. The summed E-state index contributed by atoms with van der Waals surface area (Å²) < 4.78 is 46.9. The molecule has 17 heteroatoms. The number of amidine groups is 2. The minimum atomic E-state index is -0.580. The van der Waals surface area contributed by atoms with E-state index in [1.54, 1.807) is 48.2 Å². The van der Waals surface area contributed by atoms with Crippen LogP contribution < -0.4 is 40.8 Å². The molecule has 15 nitrogen and oxygen atoms in total. The van der Waals surface area contributed by atoms with E-state index >= 15 is 0 Å². The maximum Gasteiger partial charge on any atom is 0.410 e. The van der Waals surface area contributed by atoms with E-state index in [1.165, 1.54) is 18.6 Å². The standard InChI is InChI=1S/C26H30FN5O4.C22H23FN4O2/c1-15-23(33)30-29-22-12-35-21-10-17(16-8-6-7-9-18(16)27)19(11-20(21)32(15)22)28-26(5)13-31(14-26)24(34)36-25(2,3)4;1-13-21(28)26-25-20-12-29-19-10-15(14-6-3-4-7-16(14)23)17(11-18(19)27(13)20)24-22(2)8-5-9-22/h6-11,15,28H,12-14H2,1-5H3,(H,30,33);3-4,6-7,10-11,13,24H,5,8-9,12H2,1-2H3,(H,26,28). The third-order valence-electron chi connectivity index (χ3n) is 12.5. The molecule has 1 saturated carbocycles. The van der Waals surface area contributed by atoms with Crippen LogP contribution in [0.5, 0.6) is 11.5 Å². The van der Waals surface area contributed by atoms with Gasteiger partial charge in [0, 0.05) is 52.3 Å². The summed E-state index contributed by atoms with van der Waals surface area (Å²) in [7, 11) is 0. The Labute approximate surface area is 376 Å². The fraction of sp³-hybridized carbons (Fsp3) is 0.396. The van der Waals surface area contributed by atoms with Crippen LogP contribution >= 0.6 is 0 Å². The van der Waals surface area contributed by atoms with Crippen LogP contribution in [0.4, 0.5) is 36.3 Å². The van der Waals surface area contributed by atoms with E-state index in [4.69, 9.17) is 14.2 Å². The predicted molar refractivity (Wildman–Crippen MR) is 245 cm³/mol. The van der Waals surface area contributed by atoms with Gasteiger partial charge in [-0.05, 0) is 104 Å². The highest BCUT2D eigenvalue weighted by molar-refractivity contribution is 6.11. The van der Waals surface area contributed by atoms with Crippen molar-refractivity contribution in [3.05, 3.63) is 84.4 Å². The summed E-state index contributed by atoms with van der Waals surface area (Å²) in [5.41, 5.74) is 9.23. The van der Waals surface area contributed by atoms with Gasteiger partial charge in [0.15, 0.2) is 11.7 Å². The van der Waals surface area contributed by atoms with Crippen LogP contribution in [-0.2, 0) is 14.3 Å². The van der Waals surface area contributed by atoms with Crippen molar-refractivity contribution in [2.75, 3.05) is 46.7 Å². The maximum absolute atomic E-state index is 14.9. The van der Waals surface area contributed by atoms with Gasteiger partial charge in [-0.15, -0.1) is 0 Å². The first-order valence-electron chi connectivity index (χ1n) is 21.9. The molecule has 5 heterocycles. The first-order chi connectivity index (χ1) is 30.9. The van der Waals surface area contributed by atoms with E-state index in [0.29, 0.717) is 64.3 Å². The molecule has 2 unspecified atom stereocenters. The number of carbonyl (C=O) groups excluding carboxylic acids is 3. The molecule has 3 amide bonds. The third kappa shape index (κ3) is 8.35. The number of hydrogen-bond donors (Lipinski definition) is 4. The van der Waals surface area contributed by atoms with Gasteiger partial charge in [0.2, 0.25) is 0 Å². The highest BCUT2D eigenvalue weighted by atomic mass is 19.1. The first kappa shape index (κ1) is 43.3. The molecule has 2 atom stereocenters.